The summed E-state index contributed by atoms with van der Waals surface area (Å²) in [6.45, 7) is 3.03. The van der Waals surface area contributed by atoms with Gasteiger partial charge in [0, 0.05) is 0 Å². The quantitative estimate of drug-likeness (QED) is 0.749. The highest BCUT2D eigenvalue weighted by atomic mass is 16.5. The van der Waals surface area contributed by atoms with Crippen molar-refractivity contribution >= 4 is 6.09 Å². The molecule has 1 heterocycles. The molecule has 0 saturated carbocycles. The number of morpholine rings is 1. The van der Waals surface area contributed by atoms with Gasteiger partial charge in [-0.3, -0.25) is 0 Å². The van der Waals surface area contributed by atoms with E-state index in [2.05, 4.69) is 0 Å². The number of amides is 1. The lowest BCUT2D eigenvalue weighted by Crippen LogP contribution is -2.48. The maximum atomic E-state index is 11.6. The molecule has 2 rings (SSSR count). The van der Waals surface area contributed by atoms with Crippen LogP contribution in [0.2, 0.25) is 0 Å². The number of benzene rings is 1. The van der Waals surface area contributed by atoms with Crippen molar-refractivity contribution in [1.82, 2.24) is 4.90 Å². The number of methoxy groups -OCH3 is 1. The molecule has 1 aromatic carbocycles. The molecule has 0 aromatic heterocycles. The van der Waals surface area contributed by atoms with Crippen LogP contribution in [-0.4, -0.2) is 37.3 Å². The Hall–Kier alpha value is -1.55. The Balaban J connectivity index is 2.10. The van der Waals surface area contributed by atoms with Gasteiger partial charge in [-0.05, 0) is 12.5 Å². The third-order valence-corrected chi connectivity index (χ3v) is 3.01. The molecule has 4 nitrogen and oxygen atoms in total. The summed E-state index contributed by atoms with van der Waals surface area (Å²) < 4.78 is 10.5. The Morgan fingerprint density at radius 1 is 1.41 bits per heavy atom. The van der Waals surface area contributed by atoms with E-state index in [0.29, 0.717) is 13.2 Å². The third-order valence-electron chi connectivity index (χ3n) is 3.01. The second-order valence-corrected chi connectivity index (χ2v) is 4.20. The summed E-state index contributed by atoms with van der Waals surface area (Å²) in [5, 5.41) is 0. The number of nitrogens with zero attached hydrogens (tertiary/aromatic N) is 1. The summed E-state index contributed by atoms with van der Waals surface area (Å²) in [6.07, 6.45) is -0.353. The molecule has 1 fully saturated rings. The largest absolute Gasteiger partial charge is 0.453 e. The summed E-state index contributed by atoms with van der Waals surface area (Å²) >= 11 is 0. The monoisotopic (exact) mass is 235 g/mol. The van der Waals surface area contributed by atoms with Crippen molar-refractivity contribution in [1.29, 1.82) is 0 Å². The first-order chi connectivity index (χ1) is 8.22. The minimum Gasteiger partial charge on any atom is -0.453 e. The number of ether oxygens (including phenoxy) is 2. The summed E-state index contributed by atoms with van der Waals surface area (Å²) in [4.78, 5) is 13.3. The fraction of sp³-hybridized carbons (Fsp3) is 0.462. The fourth-order valence-corrected chi connectivity index (χ4v) is 2.00. The zero-order chi connectivity index (χ0) is 12.3. The first-order valence-electron chi connectivity index (χ1n) is 5.73. The van der Waals surface area contributed by atoms with Gasteiger partial charge in [0.1, 0.15) is 6.10 Å². The minimum absolute atomic E-state index is 0.0578. The SMILES string of the molecule is COC(=O)N1C[C@@H](c2ccccc2)OC[C@@H]1C. The van der Waals surface area contributed by atoms with E-state index in [1.165, 1.54) is 7.11 Å². The van der Waals surface area contributed by atoms with Crippen molar-refractivity contribution in [3.63, 3.8) is 0 Å². The zero-order valence-corrected chi connectivity index (χ0v) is 10.1. The minimum atomic E-state index is -0.290. The van der Waals surface area contributed by atoms with Gasteiger partial charge in [-0.1, -0.05) is 30.3 Å². The highest BCUT2D eigenvalue weighted by molar-refractivity contribution is 5.68. The number of hydrogen-bond acceptors (Lipinski definition) is 3. The van der Waals surface area contributed by atoms with Gasteiger partial charge in [-0.15, -0.1) is 0 Å². The molecule has 1 aliphatic rings. The van der Waals surface area contributed by atoms with Gasteiger partial charge >= 0.3 is 6.09 Å². The Bertz CT molecular complexity index is 380. The van der Waals surface area contributed by atoms with Crippen LogP contribution in [0.25, 0.3) is 0 Å². The van der Waals surface area contributed by atoms with E-state index in [4.69, 9.17) is 9.47 Å². The highest BCUT2D eigenvalue weighted by Gasteiger charge is 2.30. The van der Waals surface area contributed by atoms with Crippen LogP contribution in [0, 0.1) is 0 Å². The zero-order valence-electron chi connectivity index (χ0n) is 10.1. The second-order valence-electron chi connectivity index (χ2n) is 4.20. The van der Waals surface area contributed by atoms with Gasteiger partial charge in [0.05, 0.1) is 26.3 Å². The van der Waals surface area contributed by atoms with Crippen molar-refractivity contribution in [3.05, 3.63) is 35.9 Å². The molecule has 4 heteroatoms. The van der Waals surface area contributed by atoms with Gasteiger partial charge in [0.25, 0.3) is 0 Å². The molecular weight excluding hydrogens is 218 g/mol. The smallest absolute Gasteiger partial charge is 0.409 e. The Labute approximate surface area is 101 Å². The van der Waals surface area contributed by atoms with Gasteiger partial charge in [-0.2, -0.15) is 0 Å². The molecule has 0 spiro atoms. The molecule has 92 valence electrons. The van der Waals surface area contributed by atoms with E-state index in [-0.39, 0.29) is 18.2 Å². The van der Waals surface area contributed by atoms with Crippen LogP contribution >= 0.6 is 0 Å². The first-order valence-corrected chi connectivity index (χ1v) is 5.73. The number of rotatable bonds is 1. The molecule has 1 aliphatic heterocycles. The van der Waals surface area contributed by atoms with Crippen LogP contribution in [0.15, 0.2) is 30.3 Å². The molecule has 0 aliphatic carbocycles. The Morgan fingerprint density at radius 3 is 2.76 bits per heavy atom. The van der Waals surface area contributed by atoms with Gasteiger partial charge in [0.2, 0.25) is 0 Å². The second kappa shape index (κ2) is 5.19. The number of carbonyl (C=O) groups excluding carboxylic acids is 1. The lowest BCUT2D eigenvalue weighted by atomic mass is 10.1. The highest BCUT2D eigenvalue weighted by Crippen LogP contribution is 2.24. The van der Waals surface area contributed by atoms with Gasteiger partial charge in [0.15, 0.2) is 0 Å². The molecule has 0 unspecified atom stereocenters. The fourth-order valence-electron chi connectivity index (χ4n) is 2.00. The Morgan fingerprint density at radius 2 is 2.12 bits per heavy atom. The average Bonchev–Trinajstić information content (AvgIpc) is 2.39. The van der Waals surface area contributed by atoms with Gasteiger partial charge < -0.3 is 14.4 Å². The topological polar surface area (TPSA) is 38.8 Å². The molecule has 17 heavy (non-hydrogen) atoms. The molecule has 0 bridgehead atoms. The van der Waals surface area contributed by atoms with Crippen LogP contribution in [0.3, 0.4) is 0 Å². The van der Waals surface area contributed by atoms with E-state index >= 15 is 0 Å². The van der Waals surface area contributed by atoms with Crippen LogP contribution in [0.5, 0.6) is 0 Å². The molecular formula is C13H17NO3. The van der Waals surface area contributed by atoms with Crippen LogP contribution in [0.4, 0.5) is 4.79 Å². The lowest BCUT2D eigenvalue weighted by Gasteiger charge is -2.37. The molecule has 1 saturated heterocycles. The summed E-state index contributed by atoms with van der Waals surface area (Å²) in [6, 6.07) is 9.99. The van der Waals surface area contributed by atoms with Crippen LogP contribution in [-0.2, 0) is 9.47 Å². The summed E-state index contributed by atoms with van der Waals surface area (Å²) in [5.74, 6) is 0. The molecule has 2 atom stereocenters. The number of carbonyl (C=O) groups is 1. The molecule has 0 radical (unpaired) electrons. The van der Waals surface area contributed by atoms with E-state index in [1.54, 1.807) is 4.90 Å². The maximum absolute atomic E-state index is 11.6. The number of hydrogen-bond donors (Lipinski definition) is 0. The van der Waals surface area contributed by atoms with Crippen LogP contribution < -0.4 is 0 Å². The van der Waals surface area contributed by atoms with Crippen molar-refractivity contribution in [2.45, 2.75) is 19.1 Å². The summed E-state index contributed by atoms with van der Waals surface area (Å²) in [7, 11) is 1.40. The molecule has 1 amide bonds. The van der Waals surface area contributed by atoms with Crippen molar-refractivity contribution in [3.8, 4) is 0 Å². The van der Waals surface area contributed by atoms with Crippen molar-refractivity contribution in [2.75, 3.05) is 20.3 Å². The van der Waals surface area contributed by atoms with Crippen LogP contribution in [0.1, 0.15) is 18.6 Å². The summed E-state index contributed by atoms with van der Waals surface area (Å²) in [5.41, 5.74) is 1.09. The molecule has 0 N–H and O–H groups in total. The van der Waals surface area contributed by atoms with E-state index in [9.17, 15) is 4.79 Å². The van der Waals surface area contributed by atoms with Gasteiger partial charge in [-0.25, -0.2) is 4.79 Å². The van der Waals surface area contributed by atoms with E-state index in [0.717, 1.165) is 5.56 Å². The predicted molar refractivity (Wildman–Crippen MR) is 63.7 cm³/mol. The normalized spacial score (nSPS) is 24.5. The lowest BCUT2D eigenvalue weighted by molar-refractivity contribution is -0.0528. The molecule has 1 aromatic rings. The predicted octanol–water partition coefficient (Wildman–Crippen LogP) is 2.21. The van der Waals surface area contributed by atoms with Crippen molar-refractivity contribution in [2.24, 2.45) is 0 Å². The first kappa shape index (κ1) is 11.9. The maximum Gasteiger partial charge on any atom is 0.409 e. The third kappa shape index (κ3) is 2.58. The standard InChI is InChI=1S/C13H17NO3/c1-10-9-17-12(8-14(10)13(15)16-2)11-6-4-3-5-7-11/h3-7,10,12H,8-9H2,1-2H3/t10-,12-/m0/s1. The Kier molecular flexibility index (Phi) is 3.64. The van der Waals surface area contributed by atoms with E-state index < -0.39 is 0 Å². The average molecular weight is 235 g/mol. The van der Waals surface area contributed by atoms with E-state index in [1.807, 2.05) is 37.3 Å². The van der Waals surface area contributed by atoms with Crippen molar-refractivity contribution < 1.29 is 14.3 Å².